The molecule has 1 rings (SSSR count). The topological polar surface area (TPSA) is 0 Å². The molecule has 1 fully saturated rings. The third-order valence-electron chi connectivity index (χ3n) is 0.560. The lowest BCUT2D eigenvalue weighted by atomic mass is 10.4. The number of hydrogen-bond donors (Lipinski definition) is 0. The van der Waals surface area contributed by atoms with Crippen LogP contribution in [0, 0.1) is 31.1 Å². The molecule has 0 unspecified atom stereocenters. The summed E-state index contributed by atoms with van der Waals surface area (Å²) in [5.41, 5.74) is 0. The highest BCUT2D eigenvalue weighted by atomic mass is 35.5. The van der Waals surface area contributed by atoms with Gasteiger partial charge in [-0.15, -0.1) is 0 Å². The van der Waals surface area contributed by atoms with Gasteiger partial charge in [0, 0.05) is 12.8 Å². The fourth-order valence-corrected chi connectivity index (χ4v) is 0.444. The molecule has 1 aliphatic rings. The molecule has 0 nitrogen and oxygen atoms in total. The maximum absolute atomic E-state index is 5.40. The number of rotatable bonds is 0. The molecule has 6 heavy (non-hydrogen) atoms. The highest BCUT2D eigenvalue weighted by molar-refractivity contribution is 6.29. The maximum atomic E-state index is 5.40. The summed E-state index contributed by atoms with van der Waals surface area (Å²) in [7, 11) is 0. The molecule has 29 valence electrons. The van der Waals surface area contributed by atoms with Crippen molar-refractivity contribution in [2.24, 2.45) is 0 Å². The van der Waals surface area contributed by atoms with Crippen molar-refractivity contribution in [2.45, 2.75) is 0 Å². The average molecular weight is 98.5 g/mol. The minimum absolute atomic E-state index is 0.690. The van der Waals surface area contributed by atoms with Crippen molar-refractivity contribution in [3.8, 4) is 0 Å². The van der Waals surface area contributed by atoms with Gasteiger partial charge in [0.1, 0.15) is 0 Å². The Hall–Kier alpha value is 0.160. The highest BCUT2D eigenvalue weighted by Crippen LogP contribution is 2.25. The molecule has 0 bridgehead atoms. The van der Waals surface area contributed by atoms with Crippen LogP contribution in [0.5, 0.6) is 0 Å². The quantitative estimate of drug-likeness (QED) is 0.403. The molecule has 0 aromatic heterocycles. The summed E-state index contributed by atoms with van der Waals surface area (Å²) in [4.78, 5) is 0. The minimum atomic E-state index is 0.690. The van der Waals surface area contributed by atoms with E-state index in [4.69, 9.17) is 11.6 Å². The van der Waals surface area contributed by atoms with E-state index < -0.39 is 0 Å². The Bertz CT molecular complexity index is 37.2. The van der Waals surface area contributed by atoms with E-state index in [9.17, 15) is 0 Å². The van der Waals surface area contributed by atoms with Gasteiger partial charge in [-0.3, -0.25) is 0 Å². The zero-order valence-electron chi connectivity index (χ0n) is 3.11. The lowest BCUT2D eigenvalue weighted by Gasteiger charge is -1.68. The SMILES string of the molecule is Cl[C]1[C+][CH][CH][CH]1. The zero-order chi connectivity index (χ0) is 4.41. The van der Waals surface area contributed by atoms with E-state index in [2.05, 4.69) is 6.42 Å². The monoisotopic (exact) mass is 98.0 g/mol. The second-order valence-corrected chi connectivity index (χ2v) is 1.43. The van der Waals surface area contributed by atoms with E-state index in [0.717, 1.165) is 0 Å². The predicted molar refractivity (Wildman–Crippen MR) is 25.2 cm³/mol. The van der Waals surface area contributed by atoms with Crippen molar-refractivity contribution >= 4 is 11.6 Å². The standard InChI is InChI=1S/C5H3Cl/c6-5-3-1-2-4-5/h1-3H/q+1. The second kappa shape index (κ2) is 1.74. The predicted octanol–water partition coefficient (Wildman–Crippen LogP) is 1.46. The van der Waals surface area contributed by atoms with Gasteiger partial charge >= 0.3 is 6.42 Å². The van der Waals surface area contributed by atoms with Crippen molar-refractivity contribution in [3.63, 3.8) is 0 Å². The van der Waals surface area contributed by atoms with Gasteiger partial charge in [0.25, 0.3) is 5.38 Å². The van der Waals surface area contributed by atoms with Crippen molar-refractivity contribution in [2.75, 3.05) is 0 Å². The smallest absolute Gasteiger partial charge is 0.0545 e. The first-order valence-electron chi connectivity index (χ1n) is 1.68. The van der Waals surface area contributed by atoms with E-state index in [1.54, 1.807) is 12.8 Å². The Balaban J connectivity index is 2.18. The van der Waals surface area contributed by atoms with Crippen molar-refractivity contribution in [1.82, 2.24) is 0 Å². The molecule has 1 heteroatoms. The molecule has 1 aliphatic carbocycles. The van der Waals surface area contributed by atoms with Crippen molar-refractivity contribution in [3.05, 3.63) is 31.1 Å². The van der Waals surface area contributed by atoms with Crippen LogP contribution in [0.1, 0.15) is 0 Å². The lowest BCUT2D eigenvalue weighted by Crippen LogP contribution is -1.72. The van der Waals surface area contributed by atoms with Crippen LogP contribution >= 0.6 is 11.6 Å². The zero-order valence-corrected chi connectivity index (χ0v) is 3.87. The van der Waals surface area contributed by atoms with Crippen LogP contribution in [-0.4, -0.2) is 0 Å². The first-order chi connectivity index (χ1) is 2.89. The molecule has 0 aliphatic heterocycles. The Labute approximate surface area is 43.5 Å². The molecule has 0 saturated heterocycles. The molecule has 0 aromatic rings. The van der Waals surface area contributed by atoms with Gasteiger partial charge in [-0.1, -0.05) is 11.6 Å². The molecule has 0 spiro atoms. The van der Waals surface area contributed by atoms with Crippen molar-refractivity contribution in [1.29, 1.82) is 0 Å². The second-order valence-electron chi connectivity index (χ2n) is 1.02. The third-order valence-corrected chi connectivity index (χ3v) is 0.795. The van der Waals surface area contributed by atoms with Gasteiger partial charge in [0.2, 0.25) is 0 Å². The highest BCUT2D eigenvalue weighted by Gasteiger charge is 2.30. The molecule has 0 atom stereocenters. The molecule has 0 amide bonds. The Morgan fingerprint density at radius 1 is 1.67 bits per heavy atom. The molecule has 5 radical (unpaired) electrons. The molecular weight excluding hydrogens is 95.5 g/mol. The summed E-state index contributed by atoms with van der Waals surface area (Å²) in [6.07, 6.45) is 8.19. The van der Waals surface area contributed by atoms with Gasteiger partial charge in [-0.25, -0.2) is 0 Å². The molecule has 0 N–H and O–H groups in total. The summed E-state index contributed by atoms with van der Waals surface area (Å²) in [6, 6.07) is 0. The van der Waals surface area contributed by atoms with Crippen LogP contribution in [0.15, 0.2) is 0 Å². The fourth-order valence-electron chi connectivity index (χ4n) is 0.308. The molecule has 1 saturated carbocycles. The minimum Gasteiger partial charge on any atom is -0.0545 e. The Kier molecular flexibility index (Phi) is 1.25. The molecule has 0 heterocycles. The largest absolute Gasteiger partial charge is 0.312 e. The van der Waals surface area contributed by atoms with Crippen LogP contribution in [0.4, 0.5) is 0 Å². The van der Waals surface area contributed by atoms with Gasteiger partial charge in [0.05, 0.1) is 0 Å². The van der Waals surface area contributed by atoms with Gasteiger partial charge in [-0.05, 0) is 0 Å². The first-order valence-corrected chi connectivity index (χ1v) is 2.06. The summed E-state index contributed by atoms with van der Waals surface area (Å²) in [5.74, 6) is 0. The molecular formula is C5H3Cl+. The number of hydrogen-bond acceptors (Lipinski definition) is 0. The van der Waals surface area contributed by atoms with Crippen LogP contribution in [-0.2, 0) is 0 Å². The summed E-state index contributed by atoms with van der Waals surface area (Å²) >= 11 is 5.40. The van der Waals surface area contributed by atoms with Crippen LogP contribution < -0.4 is 0 Å². The van der Waals surface area contributed by atoms with E-state index in [1.807, 2.05) is 6.42 Å². The fraction of sp³-hybridized carbons (Fsp3) is 0. The van der Waals surface area contributed by atoms with Crippen LogP contribution in [0.25, 0.3) is 0 Å². The Morgan fingerprint density at radius 2 is 2.50 bits per heavy atom. The summed E-state index contributed by atoms with van der Waals surface area (Å²) in [5, 5.41) is 0.690. The van der Waals surface area contributed by atoms with Crippen LogP contribution in [0.2, 0.25) is 0 Å². The summed E-state index contributed by atoms with van der Waals surface area (Å²) < 4.78 is 0. The molecule has 0 aromatic carbocycles. The van der Waals surface area contributed by atoms with Crippen molar-refractivity contribution < 1.29 is 0 Å². The third kappa shape index (κ3) is 0.810. The average Bonchev–Trinajstić information content (AvgIpc) is 1.86. The lowest BCUT2D eigenvalue weighted by molar-refractivity contribution is 1.53. The first kappa shape index (κ1) is 4.32. The summed E-state index contributed by atoms with van der Waals surface area (Å²) in [6.45, 7) is 0. The van der Waals surface area contributed by atoms with Gasteiger partial charge in [0.15, 0.2) is 6.42 Å². The van der Waals surface area contributed by atoms with E-state index in [1.165, 1.54) is 0 Å². The van der Waals surface area contributed by atoms with E-state index >= 15 is 0 Å². The number of halogens is 1. The maximum Gasteiger partial charge on any atom is 0.312 e. The Morgan fingerprint density at radius 3 is 2.67 bits per heavy atom. The van der Waals surface area contributed by atoms with Gasteiger partial charge < -0.3 is 0 Å². The van der Waals surface area contributed by atoms with Gasteiger partial charge in [-0.2, -0.15) is 0 Å². The van der Waals surface area contributed by atoms with Crippen LogP contribution in [0.3, 0.4) is 0 Å². The van der Waals surface area contributed by atoms with E-state index in [-0.39, 0.29) is 0 Å². The normalized spacial score (nSPS) is 24.2. The van der Waals surface area contributed by atoms with E-state index in [0.29, 0.717) is 5.38 Å².